The molecular formula is C23H23N5O2S. The molecule has 0 radical (unpaired) electrons. The number of piperazine rings is 1. The Kier molecular flexibility index (Phi) is 6.68. The van der Waals surface area contributed by atoms with E-state index in [9.17, 15) is 9.59 Å². The number of aromatic nitrogens is 2. The minimum Gasteiger partial charge on any atom is -0.353 e. The highest BCUT2D eigenvalue weighted by atomic mass is 32.1. The zero-order chi connectivity index (χ0) is 21.5. The normalized spacial score (nSPS) is 14.1. The van der Waals surface area contributed by atoms with Gasteiger partial charge in [-0.05, 0) is 23.8 Å². The lowest BCUT2D eigenvalue weighted by Gasteiger charge is -2.35. The molecule has 0 saturated carbocycles. The van der Waals surface area contributed by atoms with Crippen molar-refractivity contribution in [1.82, 2.24) is 14.9 Å². The van der Waals surface area contributed by atoms with Gasteiger partial charge >= 0.3 is 0 Å². The number of hydrogen-bond donors (Lipinski definition) is 1. The maximum absolute atomic E-state index is 12.7. The smallest absolute Gasteiger partial charge is 0.250 e. The molecule has 1 fully saturated rings. The average molecular weight is 434 g/mol. The number of nitrogens with zero attached hydrogens (tertiary/aromatic N) is 4. The summed E-state index contributed by atoms with van der Waals surface area (Å²) in [7, 11) is 0. The Balaban J connectivity index is 1.25. The molecule has 0 unspecified atom stereocenters. The molecule has 1 aliphatic rings. The van der Waals surface area contributed by atoms with Gasteiger partial charge in [0.25, 0.3) is 0 Å². The molecule has 1 saturated heterocycles. The predicted octanol–water partition coefficient (Wildman–Crippen LogP) is 3.08. The van der Waals surface area contributed by atoms with Crippen LogP contribution >= 0.6 is 11.3 Å². The number of carbonyl (C=O) groups excluding carboxylic acids is 2. The van der Waals surface area contributed by atoms with Crippen LogP contribution in [-0.4, -0.2) is 52.9 Å². The van der Waals surface area contributed by atoms with Crippen molar-refractivity contribution < 1.29 is 9.59 Å². The lowest BCUT2D eigenvalue weighted by Crippen LogP contribution is -2.49. The summed E-state index contributed by atoms with van der Waals surface area (Å²) in [5.74, 6) is 0.741. The first-order valence-corrected chi connectivity index (χ1v) is 11.0. The van der Waals surface area contributed by atoms with E-state index in [1.54, 1.807) is 12.3 Å². The van der Waals surface area contributed by atoms with E-state index in [1.165, 1.54) is 17.4 Å². The number of rotatable bonds is 6. The average Bonchev–Trinajstić information content (AvgIpc) is 3.25. The molecule has 2 amide bonds. The molecule has 1 aliphatic heterocycles. The Morgan fingerprint density at radius 2 is 1.81 bits per heavy atom. The lowest BCUT2D eigenvalue weighted by atomic mass is 10.2. The Morgan fingerprint density at radius 1 is 1.03 bits per heavy atom. The van der Waals surface area contributed by atoms with Crippen molar-refractivity contribution >= 4 is 40.2 Å². The molecule has 1 N–H and O–H groups in total. The molecule has 0 spiro atoms. The minimum absolute atomic E-state index is 0.0489. The number of nitrogens with one attached hydrogen (secondary N) is 1. The second kappa shape index (κ2) is 9.99. The highest BCUT2D eigenvalue weighted by Crippen LogP contribution is 2.18. The van der Waals surface area contributed by atoms with Gasteiger partial charge in [0.15, 0.2) is 5.13 Å². The molecule has 3 heterocycles. The minimum atomic E-state index is -0.248. The third-order valence-corrected chi connectivity index (χ3v) is 5.75. The Hall–Kier alpha value is -3.52. The van der Waals surface area contributed by atoms with Crippen LogP contribution in [0, 0.1) is 0 Å². The van der Waals surface area contributed by atoms with E-state index in [0.717, 1.165) is 24.5 Å². The molecule has 158 valence electrons. The summed E-state index contributed by atoms with van der Waals surface area (Å²) in [6, 6.07) is 15.5. The molecular weight excluding hydrogens is 410 g/mol. The molecule has 1 aromatic carbocycles. The summed E-state index contributed by atoms with van der Waals surface area (Å²) in [5.41, 5.74) is 1.62. The van der Waals surface area contributed by atoms with Crippen molar-refractivity contribution in [2.75, 3.05) is 36.4 Å². The van der Waals surface area contributed by atoms with Gasteiger partial charge in [0.2, 0.25) is 11.8 Å². The number of anilines is 2. The van der Waals surface area contributed by atoms with Crippen LogP contribution in [0.4, 0.5) is 10.9 Å². The fourth-order valence-corrected chi connectivity index (χ4v) is 4.03. The monoisotopic (exact) mass is 433 g/mol. The quantitative estimate of drug-likeness (QED) is 0.605. The molecule has 7 nitrogen and oxygen atoms in total. The van der Waals surface area contributed by atoms with Gasteiger partial charge in [-0.25, -0.2) is 9.97 Å². The zero-order valence-corrected chi connectivity index (χ0v) is 17.8. The van der Waals surface area contributed by atoms with Crippen molar-refractivity contribution in [3.63, 3.8) is 0 Å². The first-order valence-electron chi connectivity index (χ1n) is 10.1. The summed E-state index contributed by atoms with van der Waals surface area (Å²) in [5, 5.41) is 5.06. The molecule has 8 heteroatoms. The second-order valence-electron chi connectivity index (χ2n) is 7.11. The van der Waals surface area contributed by atoms with Gasteiger partial charge in [0.05, 0.1) is 12.1 Å². The second-order valence-corrected chi connectivity index (χ2v) is 7.97. The first-order chi connectivity index (χ1) is 15.2. The number of benzene rings is 1. The fourth-order valence-electron chi connectivity index (χ4n) is 3.32. The maximum atomic E-state index is 12.7. The van der Waals surface area contributed by atoms with Crippen molar-refractivity contribution in [1.29, 1.82) is 0 Å². The molecule has 31 heavy (non-hydrogen) atoms. The molecule has 2 aromatic heterocycles. The van der Waals surface area contributed by atoms with Crippen LogP contribution in [0.5, 0.6) is 0 Å². The Bertz CT molecular complexity index is 1040. The molecule has 3 aromatic rings. The van der Waals surface area contributed by atoms with Crippen molar-refractivity contribution in [2.24, 2.45) is 0 Å². The van der Waals surface area contributed by atoms with Crippen LogP contribution in [0.2, 0.25) is 0 Å². The molecule has 4 rings (SSSR count). The Labute approximate surface area is 185 Å². The number of thiazole rings is 1. The van der Waals surface area contributed by atoms with Gasteiger partial charge in [0.1, 0.15) is 5.82 Å². The van der Waals surface area contributed by atoms with Crippen LogP contribution in [0.15, 0.2) is 66.2 Å². The van der Waals surface area contributed by atoms with Gasteiger partial charge in [-0.3, -0.25) is 14.9 Å². The summed E-state index contributed by atoms with van der Waals surface area (Å²) in [6.45, 7) is 2.84. The van der Waals surface area contributed by atoms with Crippen molar-refractivity contribution in [3.8, 4) is 0 Å². The van der Waals surface area contributed by atoms with Gasteiger partial charge in [-0.2, -0.15) is 0 Å². The van der Waals surface area contributed by atoms with Crippen LogP contribution in [0.1, 0.15) is 11.3 Å². The van der Waals surface area contributed by atoms with E-state index >= 15 is 0 Å². The van der Waals surface area contributed by atoms with E-state index < -0.39 is 0 Å². The van der Waals surface area contributed by atoms with Crippen LogP contribution in [-0.2, 0) is 16.0 Å². The van der Waals surface area contributed by atoms with Gasteiger partial charge in [0, 0.05) is 43.8 Å². The lowest BCUT2D eigenvalue weighted by molar-refractivity contribution is -0.130. The number of hydrogen-bond acceptors (Lipinski definition) is 6. The summed E-state index contributed by atoms with van der Waals surface area (Å²) < 4.78 is 0. The molecule has 0 bridgehead atoms. The fraction of sp³-hybridized carbons (Fsp3) is 0.217. The van der Waals surface area contributed by atoms with Gasteiger partial charge < -0.3 is 9.80 Å². The number of amides is 2. The largest absolute Gasteiger partial charge is 0.353 e. The SMILES string of the molecule is O=C(/C=C/c1ccccc1)Nc1nc(CC(=O)N2CCN(c3ccccn3)CC2)cs1. The third kappa shape index (κ3) is 5.76. The van der Waals surface area contributed by atoms with E-state index in [1.807, 2.05) is 58.8 Å². The first kappa shape index (κ1) is 20.7. The van der Waals surface area contributed by atoms with E-state index in [2.05, 4.69) is 20.2 Å². The summed E-state index contributed by atoms with van der Waals surface area (Å²) in [6.07, 6.45) is 5.24. The highest BCUT2D eigenvalue weighted by molar-refractivity contribution is 7.14. The van der Waals surface area contributed by atoms with Gasteiger partial charge in [-0.1, -0.05) is 36.4 Å². The highest BCUT2D eigenvalue weighted by Gasteiger charge is 2.22. The van der Waals surface area contributed by atoms with E-state index in [4.69, 9.17) is 0 Å². The third-order valence-electron chi connectivity index (χ3n) is 4.95. The van der Waals surface area contributed by atoms with E-state index in [0.29, 0.717) is 23.9 Å². The summed E-state index contributed by atoms with van der Waals surface area (Å²) >= 11 is 1.32. The topological polar surface area (TPSA) is 78.4 Å². The molecule has 0 aliphatic carbocycles. The van der Waals surface area contributed by atoms with Crippen LogP contribution in [0.3, 0.4) is 0 Å². The zero-order valence-electron chi connectivity index (χ0n) is 17.0. The summed E-state index contributed by atoms with van der Waals surface area (Å²) in [4.78, 5) is 37.6. The number of carbonyl (C=O) groups is 2. The maximum Gasteiger partial charge on any atom is 0.250 e. The van der Waals surface area contributed by atoms with Crippen LogP contribution < -0.4 is 10.2 Å². The predicted molar refractivity (Wildman–Crippen MR) is 123 cm³/mol. The molecule has 0 atom stereocenters. The van der Waals surface area contributed by atoms with Crippen LogP contribution in [0.25, 0.3) is 6.08 Å². The standard InChI is InChI=1S/C23H23N5O2S/c29-21(10-9-18-6-2-1-3-7-18)26-23-25-19(17-31-23)16-22(30)28-14-12-27(13-15-28)20-8-4-5-11-24-20/h1-11,17H,12-16H2,(H,25,26,29)/b10-9+. The van der Waals surface area contributed by atoms with Crippen molar-refractivity contribution in [2.45, 2.75) is 6.42 Å². The van der Waals surface area contributed by atoms with E-state index in [-0.39, 0.29) is 18.2 Å². The van der Waals surface area contributed by atoms with Gasteiger partial charge in [-0.15, -0.1) is 11.3 Å². The van der Waals surface area contributed by atoms with Crippen molar-refractivity contribution in [3.05, 3.63) is 77.4 Å². The number of pyridine rings is 1. The Morgan fingerprint density at radius 3 is 2.55 bits per heavy atom.